The van der Waals surface area contributed by atoms with Gasteiger partial charge in [0.2, 0.25) is 11.8 Å². The minimum atomic E-state index is -0.0745. The molecule has 0 spiro atoms. The topological polar surface area (TPSA) is 61.4 Å². The molecule has 2 unspecified atom stereocenters. The van der Waals surface area contributed by atoms with Gasteiger partial charge in [0.1, 0.15) is 0 Å². The largest absolute Gasteiger partial charge is 0.355 e. The summed E-state index contributed by atoms with van der Waals surface area (Å²) in [4.78, 5) is 25.4. The number of hydrogen-bond donors (Lipinski definition) is 2. The summed E-state index contributed by atoms with van der Waals surface area (Å²) in [6, 6.07) is 0.181. The minimum absolute atomic E-state index is 0.0519. The van der Waals surface area contributed by atoms with E-state index in [-0.39, 0.29) is 23.8 Å². The molecule has 1 aliphatic heterocycles. The second-order valence-corrected chi connectivity index (χ2v) is 6.14. The van der Waals surface area contributed by atoms with E-state index in [1.54, 1.807) is 0 Å². The molecule has 2 atom stereocenters. The molecule has 1 saturated heterocycles. The lowest BCUT2D eigenvalue weighted by molar-refractivity contribution is -0.129. The van der Waals surface area contributed by atoms with Gasteiger partial charge in [-0.2, -0.15) is 0 Å². The summed E-state index contributed by atoms with van der Waals surface area (Å²) in [5.74, 6) is 0.606. The van der Waals surface area contributed by atoms with Crippen molar-refractivity contribution < 1.29 is 9.59 Å². The first kappa shape index (κ1) is 16.0. The molecule has 19 heavy (non-hydrogen) atoms. The van der Waals surface area contributed by atoms with E-state index in [0.717, 1.165) is 13.0 Å². The maximum atomic E-state index is 12.2. The van der Waals surface area contributed by atoms with Crippen LogP contribution in [-0.4, -0.2) is 49.9 Å². The van der Waals surface area contributed by atoms with Crippen molar-refractivity contribution in [1.29, 1.82) is 0 Å². The molecule has 1 rings (SSSR count). The monoisotopic (exact) mass is 269 g/mol. The molecule has 1 heterocycles. The van der Waals surface area contributed by atoms with Crippen molar-refractivity contribution in [1.82, 2.24) is 15.5 Å². The number of hydrogen-bond acceptors (Lipinski definition) is 3. The van der Waals surface area contributed by atoms with Gasteiger partial charge in [-0.15, -0.1) is 0 Å². The number of nitrogens with one attached hydrogen (secondary N) is 2. The Morgan fingerprint density at radius 3 is 2.63 bits per heavy atom. The molecule has 1 fully saturated rings. The second kappa shape index (κ2) is 7.48. The average Bonchev–Trinajstić information content (AvgIpc) is 2.27. The molecule has 0 aromatic carbocycles. The Morgan fingerprint density at radius 2 is 2.16 bits per heavy atom. The molecule has 0 bridgehead atoms. The molecule has 5 nitrogen and oxygen atoms in total. The predicted octanol–water partition coefficient (Wildman–Crippen LogP) is 0.605. The Balaban J connectivity index is 2.47. The van der Waals surface area contributed by atoms with Crippen molar-refractivity contribution in [3.63, 3.8) is 0 Å². The molecule has 0 aromatic rings. The van der Waals surface area contributed by atoms with E-state index in [4.69, 9.17) is 0 Å². The van der Waals surface area contributed by atoms with Gasteiger partial charge >= 0.3 is 0 Å². The third kappa shape index (κ3) is 6.05. The highest BCUT2D eigenvalue weighted by Gasteiger charge is 2.26. The summed E-state index contributed by atoms with van der Waals surface area (Å²) >= 11 is 0. The average molecular weight is 269 g/mol. The SMILES string of the molecule is CC(C)CC(CN(C)C)NC(=O)C1CCC(=O)NC1. The summed E-state index contributed by atoms with van der Waals surface area (Å²) in [7, 11) is 4.03. The van der Waals surface area contributed by atoms with Crippen LogP contribution in [-0.2, 0) is 9.59 Å². The van der Waals surface area contributed by atoms with Gasteiger partial charge < -0.3 is 15.5 Å². The number of piperidine rings is 1. The lowest BCUT2D eigenvalue weighted by atomic mass is 9.96. The molecule has 0 saturated carbocycles. The summed E-state index contributed by atoms with van der Waals surface area (Å²) < 4.78 is 0. The van der Waals surface area contributed by atoms with Crippen LogP contribution in [0.3, 0.4) is 0 Å². The quantitative estimate of drug-likeness (QED) is 0.742. The van der Waals surface area contributed by atoms with E-state index in [1.807, 2.05) is 14.1 Å². The van der Waals surface area contributed by atoms with Gasteiger partial charge in [0.15, 0.2) is 0 Å². The van der Waals surface area contributed by atoms with E-state index >= 15 is 0 Å². The van der Waals surface area contributed by atoms with Crippen molar-refractivity contribution in [3.8, 4) is 0 Å². The van der Waals surface area contributed by atoms with Crippen LogP contribution in [0.5, 0.6) is 0 Å². The number of likely N-dealkylation sites (N-methyl/N-ethyl adjacent to an activating group) is 1. The maximum Gasteiger partial charge on any atom is 0.225 e. The lowest BCUT2D eigenvalue weighted by Gasteiger charge is -2.27. The van der Waals surface area contributed by atoms with E-state index in [2.05, 4.69) is 29.4 Å². The Hall–Kier alpha value is -1.10. The fourth-order valence-corrected chi connectivity index (χ4v) is 2.46. The van der Waals surface area contributed by atoms with Crippen LogP contribution >= 0.6 is 0 Å². The van der Waals surface area contributed by atoms with Crippen LogP contribution in [0.4, 0.5) is 0 Å². The van der Waals surface area contributed by atoms with Gasteiger partial charge in [0.25, 0.3) is 0 Å². The first-order chi connectivity index (χ1) is 8.88. The number of carbonyl (C=O) groups is 2. The standard InChI is InChI=1S/C14H27N3O2/c1-10(2)7-12(9-17(3)4)16-14(19)11-5-6-13(18)15-8-11/h10-12H,5-9H2,1-4H3,(H,15,18)(H,16,19). The van der Waals surface area contributed by atoms with E-state index in [9.17, 15) is 9.59 Å². The van der Waals surface area contributed by atoms with Gasteiger partial charge in [-0.3, -0.25) is 9.59 Å². The number of rotatable bonds is 6. The van der Waals surface area contributed by atoms with Crippen LogP contribution in [0.25, 0.3) is 0 Å². The summed E-state index contributed by atoms with van der Waals surface area (Å²) in [6.07, 6.45) is 2.09. The van der Waals surface area contributed by atoms with Gasteiger partial charge in [-0.05, 0) is 32.9 Å². The molecule has 0 radical (unpaired) electrons. The highest BCUT2D eigenvalue weighted by Crippen LogP contribution is 2.12. The molecule has 0 aliphatic carbocycles. The van der Waals surface area contributed by atoms with Crippen LogP contribution in [0, 0.1) is 11.8 Å². The van der Waals surface area contributed by atoms with E-state index in [0.29, 0.717) is 25.3 Å². The first-order valence-electron chi connectivity index (χ1n) is 7.10. The van der Waals surface area contributed by atoms with E-state index < -0.39 is 0 Å². The van der Waals surface area contributed by atoms with Gasteiger partial charge in [0.05, 0.1) is 5.92 Å². The fourth-order valence-electron chi connectivity index (χ4n) is 2.46. The Morgan fingerprint density at radius 1 is 1.47 bits per heavy atom. The predicted molar refractivity (Wildman–Crippen MR) is 75.7 cm³/mol. The Bertz CT molecular complexity index is 296. The summed E-state index contributed by atoms with van der Waals surface area (Å²) in [5, 5.41) is 5.89. The van der Waals surface area contributed by atoms with Crippen molar-refractivity contribution in [2.75, 3.05) is 27.2 Å². The van der Waals surface area contributed by atoms with Crippen molar-refractivity contribution in [2.45, 2.75) is 39.2 Å². The zero-order chi connectivity index (χ0) is 14.4. The molecule has 1 aliphatic rings. The fraction of sp³-hybridized carbons (Fsp3) is 0.857. The molecule has 110 valence electrons. The normalized spacial score (nSPS) is 21.4. The minimum Gasteiger partial charge on any atom is -0.355 e. The third-order valence-electron chi connectivity index (χ3n) is 3.32. The molecular weight excluding hydrogens is 242 g/mol. The number of nitrogens with zero attached hydrogens (tertiary/aromatic N) is 1. The smallest absolute Gasteiger partial charge is 0.225 e. The molecular formula is C14H27N3O2. The Kier molecular flexibility index (Phi) is 6.28. The van der Waals surface area contributed by atoms with Gasteiger partial charge in [-0.25, -0.2) is 0 Å². The highest BCUT2D eigenvalue weighted by atomic mass is 16.2. The molecule has 2 N–H and O–H groups in total. The first-order valence-corrected chi connectivity index (χ1v) is 7.10. The molecule has 5 heteroatoms. The van der Waals surface area contributed by atoms with Crippen LogP contribution in [0.15, 0.2) is 0 Å². The highest BCUT2D eigenvalue weighted by molar-refractivity contribution is 5.83. The second-order valence-electron chi connectivity index (χ2n) is 6.14. The third-order valence-corrected chi connectivity index (χ3v) is 3.32. The van der Waals surface area contributed by atoms with E-state index in [1.165, 1.54) is 0 Å². The van der Waals surface area contributed by atoms with Crippen molar-refractivity contribution >= 4 is 11.8 Å². The van der Waals surface area contributed by atoms with Crippen molar-refractivity contribution in [3.05, 3.63) is 0 Å². The number of carbonyl (C=O) groups excluding carboxylic acids is 2. The van der Waals surface area contributed by atoms with Gasteiger partial charge in [0, 0.05) is 25.6 Å². The lowest BCUT2D eigenvalue weighted by Crippen LogP contribution is -2.48. The van der Waals surface area contributed by atoms with Crippen LogP contribution < -0.4 is 10.6 Å². The van der Waals surface area contributed by atoms with Crippen LogP contribution in [0.2, 0.25) is 0 Å². The Labute approximate surface area is 116 Å². The summed E-state index contributed by atoms with van der Waals surface area (Å²) in [5.41, 5.74) is 0. The van der Waals surface area contributed by atoms with Gasteiger partial charge in [-0.1, -0.05) is 13.8 Å². The summed E-state index contributed by atoms with van der Waals surface area (Å²) in [6.45, 7) is 5.65. The van der Waals surface area contributed by atoms with Crippen LogP contribution in [0.1, 0.15) is 33.1 Å². The molecule has 2 amide bonds. The zero-order valence-corrected chi connectivity index (χ0v) is 12.5. The molecule has 0 aromatic heterocycles. The maximum absolute atomic E-state index is 12.2. The number of amides is 2. The van der Waals surface area contributed by atoms with Crippen molar-refractivity contribution in [2.24, 2.45) is 11.8 Å². The zero-order valence-electron chi connectivity index (χ0n) is 12.5.